The molecule has 0 radical (unpaired) electrons. The van der Waals surface area contributed by atoms with Gasteiger partial charge in [0.25, 0.3) is 0 Å². The molecule has 0 saturated carbocycles. The number of aromatic nitrogens is 2. The summed E-state index contributed by atoms with van der Waals surface area (Å²) in [5.74, 6) is 1.69. The average Bonchev–Trinajstić information content (AvgIpc) is 3.07. The highest BCUT2D eigenvalue weighted by Gasteiger charge is 2.10. The molecule has 0 aliphatic heterocycles. The van der Waals surface area contributed by atoms with Crippen molar-refractivity contribution in [3.63, 3.8) is 0 Å². The van der Waals surface area contributed by atoms with Crippen LogP contribution in [0.15, 0.2) is 53.1 Å². The molecule has 2 N–H and O–H groups in total. The van der Waals surface area contributed by atoms with Gasteiger partial charge in [-0.3, -0.25) is 0 Å². The molecule has 0 aliphatic rings. The van der Waals surface area contributed by atoms with Gasteiger partial charge in [-0.15, -0.1) is 0 Å². The Morgan fingerprint density at radius 2 is 2.00 bits per heavy atom. The second-order valence-electron chi connectivity index (χ2n) is 4.35. The monoisotopic (exact) mass is 253 g/mol. The fourth-order valence-electron chi connectivity index (χ4n) is 2.00. The second-order valence-corrected chi connectivity index (χ2v) is 4.35. The van der Waals surface area contributed by atoms with Gasteiger partial charge in [-0.1, -0.05) is 18.2 Å². The summed E-state index contributed by atoms with van der Waals surface area (Å²) < 4.78 is 5.37. The van der Waals surface area contributed by atoms with Crippen LogP contribution in [-0.2, 0) is 6.54 Å². The van der Waals surface area contributed by atoms with Crippen LogP contribution in [0.2, 0.25) is 0 Å². The number of hydrogen-bond acceptors (Lipinski definition) is 3. The minimum absolute atomic E-state index is 0.658. The van der Waals surface area contributed by atoms with E-state index in [2.05, 4.69) is 15.3 Å². The lowest BCUT2D eigenvalue weighted by molar-refractivity contribution is 0.580. The van der Waals surface area contributed by atoms with Gasteiger partial charge in [-0.2, -0.15) is 0 Å². The lowest BCUT2D eigenvalue weighted by Crippen LogP contribution is -2.00. The number of nitrogens with one attached hydrogen (secondary N) is 2. The number of para-hydroxylation sites is 1. The van der Waals surface area contributed by atoms with Gasteiger partial charge in [-0.05, 0) is 31.2 Å². The fourth-order valence-corrected chi connectivity index (χ4v) is 2.00. The van der Waals surface area contributed by atoms with Crippen LogP contribution >= 0.6 is 0 Å². The number of rotatable bonds is 4. The standard InChI is InChI=1S/C15H15N3O/c1-11-15(13-8-5-9-19-13)18-14(17-11)10-16-12-6-3-2-4-7-12/h2-9,16H,10H2,1H3,(H,17,18). The molecule has 19 heavy (non-hydrogen) atoms. The largest absolute Gasteiger partial charge is 0.463 e. The Balaban J connectivity index is 1.75. The Kier molecular flexibility index (Phi) is 3.06. The number of imidazole rings is 1. The van der Waals surface area contributed by atoms with Gasteiger partial charge in [-0.25, -0.2) is 4.98 Å². The first-order valence-electron chi connectivity index (χ1n) is 6.21. The van der Waals surface area contributed by atoms with Gasteiger partial charge in [0.15, 0.2) is 5.76 Å². The molecule has 0 unspecified atom stereocenters. The van der Waals surface area contributed by atoms with Crippen molar-refractivity contribution in [3.05, 3.63) is 60.2 Å². The summed E-state index contributed by atoms with van der Waals surface area (Å²) in [7, 11) is 0. The van der Waals surface area contributed by atoms with E-state index in [9.17, 15) is 0 Å². The Bertz CT molecular complexity index is 641. The molecule has 3 aromatic rings. The van der Waals surface area contributed by atoms with E-state index in [0.29, 0.717) is 6.54 Å². The molecule has 1 aromatic carbocycles. The van der Waals surface area contributed by atoms with Crippen molar-refractivity contribution in [2.45, 2.75) is 13.5 Å². The van der Waals surface area contributed by atoms with Crippen molar-refractivity contribution in [2.75, 3.05) is 5.32 Å². The summed E-state index contributed by atoms with van der Waals surface area (Å²) in [6, 6.07) is 13.8. The lowest BCUT2D eigenvalue weighted by Gasteiger charge is -2.02. The number of H-pyrrole nitrogens is 1. The van der Waals surface area contributed by atoms with Crippen molar-refractivity contribution >= 4 is 5.69 Å². The van der Waals surface area contributed by atoms with Gasteiger partial charge < -0.3 is 14.7 Å². The molecule has 4 heteroatoms. The Morgan fingerprint density at radius 3 is 2.74 bits per heavy atom. The molecule has 0 spiro atoms. The Labute approximate surface area is 111 Å². The van der Waals surface area contributed by atoms with Crippen LogP contribution in [0, 0.1) is 6.92 Å². The topological polar surface area (TPSA) is 53.9 Å². The van der Waals surface area contributed by atoms with E-state index in [-0.39, 0.29) is 0 Å². The van der Waals surface area contributed by atoms with E-state index in [4.69, 9.17) is 4.42 Å². The maximum absolute atomic E-state index is 5.37. The molecule has 0 bridgehead atoms. The molecule has 0 atom stereocenters. The highest BCUT2D eigenvalue weighted by Crippen LogP contribution is 2.21. The Morgan fingerprint density at radius 1 is 1.16 bits per heavy atom. The molecular weight excluding hydrogens is 238 g/mol. The number of furan rings is 1. The number of hydrogen-bond donors (Lipinski definition) is 2. The molecule has 0 fully saturated rings. The van der Waals surface area contributed by atoms with E-state index in [1.54, 1.807) is 6.26 Å². The molecule has 0 amide bonds. The second kappa shape index (κ2) is 5.02. The quantitative estimate of drug-likeness (QED) is 0.747. The zero-order valence-corrected chi connectivity index (χ0v) is 10.7. The van der Waals surface area contributed by atoms with Crippen LogP contribution in [-0.4, -0.2) is 9.97 Å². The fraction of sp³-hybridized carbons (Fsp3) is 0.133. The van der Waals surface area contributed by atoms with E-state index < -0.39 is 0 Å². The average molecular weight is 253 g/mol. The summed E-state index contributed by atoms with van der Waals surface area (Å²) >= 11 is 0. The van der Waals surface area contributed by atoms with Crippen LogP contribution in [0.1, 0.15) is 11.5 Å². The van der Waals surface area contributed by atoms with Crippen LogP contribution in [0.25, 0.3) is 11.5 Å². The number of aromatic amines is 1. The zero-order chi connectivity index (χ0) is 13.1. The van der Waals surface area contributed by atoms with Crippen molar-refractivity contribution in [1.82, 2.24) is 9.97 Å². The number of nitrogens with zero attached hydrogens (tertiary/aromatic N) is 1. The molecule has 4 nitrogen and oxygen atoms in total. The van der Waals surface area contributed by atoms with E-state index in [1.165, 1.54) is 0 Å². The summed E-state index contributed by atoms with van der Waals surface area (Å²) in [5, 5.41) is 3.32. The summed E-state index contributed by atoms with van der Waals surface area (Å²) in [5.41, 5.74) is 2.96. The van der Waals surface area contributed by atoms with Crippen LogP contribution in [0.3, 0.4) is 0 Å². The predicted octanol–water partition coefficient (Wildman–Crippen LogP) is 3.59. The normalized spacial score (nSPS) is 10.6. The smallest absolute Gasteiger partial charge is 0.154 e. The van der Waals surface area contributed by atoms with Gasteiger partial charge in [0.2, 0.25) is 0 Å². The SMILES string of the molecule is Cc1[nH]c(CNc2ccccc2)nc1-c1ccco1. The summed E-state index contributed by atoms with van der Waals surface area (Å²) in [6.07, 6.45) is 1.66. The highest BCUT2D eigenvalue weighted by atomic mass is 16.3. The number of benzene rings is 1. The summed E-state index contributed by atoms with van der Waals surface area (Å²) in [4.78, 5) is 7.83. The molecule has 0 saturated heterocycles. The summed E-state index contributed by atoms with van der Waals surface area (Å²) in [6.45, 7) is 2.66. The van der Waals surface area contributed by atoms with Gasteiger partial charge in [0.1, 0.15) is 11.5 Å². The zero-order valence-electron chi connectivity index (χ0n) is 10.7. The Hall–Kier alpha value is -2.49. The number of anilines is 1. The van der Waals surface area contributed by atoms with E-state index in [1.807, 2.05) is 49.4 Å². The van der Waals surface area contributed by atoms with Crippen molar-refractivity contribution < 1.29 is 4.42 Å². The molecule has 0 aliphatic carbocycles. The lowest BCUT2D eigenvalue weighted by atomic mass is 10.3. The van der Waals surface area contributed by atoms with Crippen LogP contribution < -0.4 is 5.32 Å². The molecule has 2 heterocycles. The number of aryl methyl sites for hydroxylation is 1. The minimum Gasteiger partial charge on any atom is -0.463 e. The van der Waals surface area contributed by atoms with Crippen LogP contribution in [0.5, 0.6) is 0 Å². The first-order valence-corrected chi connectivity index (χ1v) is 6.21. The first kappa shape index (κ1) is 11.6. The third kappa shape index (κ3) is 2.52. The maximum atomic E-state index is 5.37. The maximum Gasteiger partial charge on any atom is 0.154 e. The van der Waals surface area contributed by atoms with Gasteiger partial charge >= 0.3 is 0 Å². The third-order valence-corrected chi connectivity index (χ3v) is 2.92. The minimum atomic E-state index is 0.658. The first-order chi connectivity index (χ1) is 9.33. The third-order valence-electron chi connectivity index (χ3n) is 2.92. The predicted molar refractivity (Wildman–Crippen MR) is 74.8 cm³/mol. The molecule has 2 aromatic heterocycles. The van der Waals surface area contributed by atoms with Crippen molar-refractivity contribution in [3.8, 4) is 11.5 Å². The van der Waals surface area contributed by atoms with Crippen molar-refractivity contribution in [2.24, 2.45) is 0 Å². The highest BCUT2D eigenvalue weighted by molar-refractivity contribution is 5.55. The van der Waals surface area contributed by atoms with Crippen molar-refractivity contribution in [1.29, 1.82) is 0 Å². The molecular formula is C15H15N3O. The van der Waals surface area contributed by atoms with E-state index >= 15 is 0 Å². The van der Waals surface area contributed by atoms with E-state index in [0.717, 1.165) is 28.7 Å². The van der Waals surface area contributed by atoms with Crippen LogP contribution in [0.4, 0.5) is 5.69 Å². The molecule has 96 valence electrons. The van der Waals surface area contributed by atoms with Gasteiger partial charge in [0, 0.05) is 11.4 Å². The van der Waals surface area contributed by atoms with Gasteiger partial charge in [0.05, 0.1) is 12.8 Å². The molecule has 3 rings (SSSR count).